The largest absolute Gasteiger partial charge is 0.298 e. The molecule has 4 rings (SSSR count). The molecule has 1 aliphatic carbocycles. The molecule has 1 aliphatic heterocycles. The van der Waals surface area contributed by atoms with Gasteiger partial charge in [0.15, 0.2) is 0 Å². The van der Waals surface area contributed by atoms with Crippen molar-refractivity contribution in [1.29, 1.82) is 0 Å². The molecule has 24 heavy (non-hydrogen) atoms. The summed E-state index contributed by atoms with van der Waals surface area (Å²) in [7, 11) is 0. The molecule has 1 atom stereocenters. The van der Waals surface area contributed by atoms with Gasteiger partial charge in [-0.2, -0.15) is 5.10 Å². The fourth-order valence-electron chi connectivity index (χ4n) is 4.11. The SMILES string of the molecule is c1n[nH]c(C2CCCN(Cc3cnc(C4CCCCC4)nc3)C2)n1. The molecule has 3 heterocycles. The maximum atomic E-state index is 4.67. The fourth-order valence-corrected chi connectivity index (χ4v) is 4.11. The zero-order valence-corrected chi connectivity index (χ0v) is 14.2. The van der Waals surface area contributed by atoms with Crippen LogP contribution in [0.4, 0.5) is 0 Å². The van der Waals surface area contributed by atoms with E-state index in [0.29, 0.717) is 11.8 Å². The second-order valence-electron chi connectivity index (χ2n) is 7.23. The first-order valence-corrected chi connectivity index (χ1v) is 9.27. The Morgan fingerprint density at radius 2 is 1.75 bits per heavy atom. The maximum absolute atomic E-state index is 4.67. The Morgan fingerprint density at radius 1 is 0.958 bits per heavy atom. The summed E-state index contributed by atoms with van der Waals surface area (Å²) in [5, 5.41) is 7.01. The van der Waals surface area contributed by atoms with E-state index in [2.05, 4.69) is 30.0 Å². The highest BCUT2D eigenvalue weighted by molar-refractivity contribution is 5.09. The van der Waals surface area contributed by atoms with Crippen molar-refractivity contribution in [3.8, 4) is 0 Å². The molecule has 0 spiro atoms. The van der Waals surface area contributed by atoms with E-state index in [-0.39, 0.29) is 0 Å². The number of rotatable bonds is 4. The standard InChI is InChI=1S/C18H26N6/c1-2-5-15(6-3-1)17-19-9-14(10-20-17)11-24-8-4-7-16(12-24)18-21-13-22-23-18/h9-10,13,15-16H,1-8,11-12H2,(H,21,22,23). The number of hydrogen-bond donors (Lipinski definition) is 1. The van der Waals surface area contributed by atoms with Crippen molar-refractivity contribution in [1.82, 2.24) is 30.0 Å². The number of aromatic amines is 1. The van der Waals surface area contributed by atoms with Gasteiger partial charge in [0.1, 0.15) is 18.0 Å². The highest BCUT2D eigenvalue weighted by Gasteiger charge is 2.24. The zero-order chi connectivity index (χ0) is 16.2. The fraction of sp³-hybridized carbons (Fsp3) is 0.667. The van der Waals surface area contributed by atoms with Crippen molar-refractivity contribution in [3.63, 3.8) is 0 Å². The van der Waals surface area contributed by atoms with Crippen LogP contribution in [0.15, 0.2) is 18.7 Å². The average molecular weight is 326 g/mol. The van der Waals surface area contributed by atoms with Crippen LogP contribution in [0, 0.1) is 0 Å². The molecule has 0 amide bonds. The number of H-pyrrole nitrogens is 1. The van der Waals surface area contributed by atoms with Crippen LogP contribution in [0.5, 0.6) is 0 Å². The van der Waals surface area contributed by atoms with E-state index in [1.165, 1.54) is 50.5 Å². The third-order valence-electron chi connectivity index (χ3n) is 5.43. The van der Waals surface area contributed by atoms with Gasteiger partial charge in [0.2, 0.25) is 0 Å². The van der Waals surface area contributed by atoms with Gasteiger partial charge in [-0.3, -0.25) is 10.00 Å². The quantitative estimate of drug-likeness (QED) is 0.935. The first kappa shape index (κ1) is 15.7. The van der Waals surface area contributed by atoms with Gasteiger partial charge < -0.3 is 0 Å². The molecule has 1 unspecified atom stereocenters. The summed E-state index contributed by atoms with van der Waals surface area (Å²) in [6.07, 6.45) is 14.6. The molecule has 1 saturated heterocycles. The van der Waals surface area contributed by atoms with E-state index in [9.17, 15) is 0 Å². The van der Waals surface area contributed by atoms with Gasteiger partial charge >= 0.3 is 0 Å². The number of aromatic nitrogens is 5. The summed E-state index contributed by atoms with van der Waals surface area (Å²) in [6.45, 7) is 3.09. The predicted octanol–water partition coefficient (Wildman–Crippen LogP) is 3.02. The minimum absolute atomic E-state index is 0.462. The summed E-state index contributed by atoms with van der Waals surface area (Å²) in [6, 6.07) is 0. The Hall–Kier alpha value is -1.82. The van der Waals surface area contributed by atoms with Gasteiger partial charge in [0.05, 0.1) is 0 Å². The van der Waals surface area contributed by atoms with E-state index in [0.717, 1.165) is 31.3 Å². The zero-order valence-electron chi connectivity index (χ0n) is 14.2. The highest BCUT2D eigenvalue weighted by Crippen LogP contribution is 2.30. The van der Waals surface area contributed by atoms with Crippen molar-refractivity contribution >= 4 is 0 Å². The number of nitrogens with one attached hydrogen (secondary N) is 1. The number of hydrogen-bond acceptors (Lipinski definition) is 5. The normalized spacial score (nSPS) is 23.4. The van der Waals surface area contributed by atoms with Crippen molar-refractivity contribution in [2.45, 2.75) is 63.3 Å². The minimum Gasteiger partial charge on any atom is -0.298 e. The number of nitrogens with zero attached hydrogens (tertiary/aromatic N) is 5. The molecule has 2 aromatic heterocycles. The van der Waals surface area contributed by atoms with Crippen LogP contribution in [0.2, 0.25) is 0 Å². The number of likely N-dealkylation sites (tertiary alicyclic amines) is 1. The summed E-state index contributed by atoms with van der Waals surface area (Å²) >= 11 is 0. The lowest BCUT2D eigenvalue weighted by Crippen LogP contribution is -2.34. The minimum atomic E-state index is 0.462. The van der Waals surface area contributed by atoms with Crippen LogP contribution < -0.4 is 0 Å². The molecular weight excluding hydrogens is 300 g/mol. The lowest BCUT2D eigenvalue weighted by molar-refractivity contribution is 0.196. The van der Waals surface area contributed by atoms with E-state index in [1.54, 1.807) is 6.33 Å². The molecule has 2 fully saturated rings. The predicted molar refractivity (Wildman–Crippen MR) is 91.5 cm³/mol. The van der Waals surface area contributed by atoms with Gasteiger partial charge in [0, 0.05) is 42.9 Å². The van der Waals surface area contributed by atoms with Crippen LogP contribution in [0.1, 0.15) is 74.0 Å². The number of piperidine rings is 1. The Morgan fingerprint density at radius 3 is 2.50 bits per heavy atom. The third kappa shape index (κ3) is 3.64. The molecule has 1 saturated carbocycles. The Bertz CT molecular complexity index is 617. The maximum Gasteiger partial charge on any atom is 0.137 e. The first-order valence-electron chi connectivity index (χ1n) is 9.27. The van der Waals surface area contributed by atoms with Crippen molar-refractivity contribution in [3.05, 3.63) is 35.9 Å². The molecule has 0 aromatic carbocycles. The van der Waals surface area contributed by atoms with Gasteiger partial charge in [-0.05, 0) is 32.2 Å². The summed E-state index contributed by atoms with van der Waals surface area (Å²) in [5.74, 6) is 3.11. The molecule has 6 nitrogen and oxygen atoms in total. The van der Waals surface area contributed by atoms with Crippen LogP contribution in [-0.4, -0.2) is 43.1 Å². The lowest BCUT2D eigenvalue weighted by atomic mass is 9.89. The molecule has 1 N–H and O–H groups in total. The summed E-state index contributed by atoms with van der Waals surface area (Å²) < 4.78 is 0. The Kier molecular flexibility index (Phi) is 4.83. The van der Waals surface area contributed by atoms with E-state index < -0.39 is 0 Å². The van der Waals surface area contributed by atoms with Crippen LogP contribution >= 0.6 is 0 Å². The lowest BCUT2D eigenvalue weighted by Gasteiger charge is -2.31. The van der Waals surface area contributed by atoms with Crippen molar-refractivity contribution < 1.29 is 0 Å². The Balaban J connectivity index is 1.36. The molecule has 0 bridgehead atoms. The summed E-state index contributed by atoms with van der Waals surface area (Å²) in [4.78, 5) is 16.1. The van der Waals surface area contributed by atoms with Gasteiger partial charge in [-0.1, -0.05) is 19.3 Å². The third-order valence-corrected chi connectivity index (χ3v) is 5.43. The van der Waals surface area contributed by atoms with E-state index in [4.69, 9.17) is 0 Å². The Labute approximate surface area is 143 Å². The molecule has 128 valence electrons. The second kappa shape index (κ2) is 7.38. The summed E-state index contributed by atoms with van der Waals surface area (Å²) in [5.41, 5.74) is 1.22. The van der Waals surface area contributed by atoms with Crippen LogP contribution in [0.25, 0.3) is 0 Å². The molecular formula is C18H26N6. The highest BCUT2D eigenvalue weighted by atomic mass is 15.2. The van der Waals surface area contributed by atoms with Gasteiger partial charge in [-0.15, -0.1) is 0 Å². The first-order chi connectivity index (χ1) is 11.9. The van der Waals surface area contributed by atoms with Crippen LogP contribution in [-0.2, 0) is 6.54 Å². The molecule has 2 aliphatic rings. The van der Waals surface area contributed by atoms with Crippen LogP contribution in [0.3, 0.4) is 0 Å². The van der Waals surface area contributed by atoms with Gasteiger partial charge in [0.25, 0.3) is 0 Å². The smallest absolute Gasteiger partial charge is 0.137 e. The average Bonchev–Trinajstić information content (AvgIpc) is 3.18. The topological polar surface area (TPSA) is 70.6 Å². The second-order valence-corrected chi connectivity index (χ2v) is 7.23. The molecule has 0 radical (unpaired) electrons. The molecule has 6 heteroatoms. The molecule has 2 aromatic rings. The van der Waals surface area contributed by atoms with E-state index in [1.807, 2.05) is 12.4 Å². The van der Waals surface area contributed by atoms with E-state index >= 15 is 0 Å². The van der Waals surface area contributed by atoms with Gasteiger partial charge in [-0.25, -0.2) is 15.0 Å². The van der Waals surface area contributed by atoms with Crippen molar-refractivity contribution in [2.75, 3.05) is 13.1 Å². The van der Waals surface area contributed by atoms with Crippen molar-refractivity contribution in [2.24, 2.45) is 0 Å². The monoisotopic (exact) mass is 326 g/mol.